The first-order valence-electron chi connectivity index (χ1n) is 4.89. The molecule has 2 aromatic rings. The summed E-state index contributed by atoms with van der Waals surface area (Å²) in [7, 11) is 0. The first kappa shape index (κ1) is 11.6. The van der Waals surface area contributed by atoms with Gasteiger partial charge in [-0.3, -0.25) is 0 Å². The monoisotopic (exact) mass is 297 g/mol. The number of hydrogen-bond donors (Lipinski definition) is 1. The van der Waals surface area contributed by atoms with Crippen LogP contribution in [-0.2, 0) is 6.54 Å². The number of anilines is 1. The first-order valence-corrected chi connectivity index (χ1v) is 6.91. The number of furan rings is 1. The molecule has 84 valence electrons. The fourth-order valence-electron chi connectivity index (χ4n) is 1.34. The maximum absolute atomic E-state index is 5.32. The number of nitrogens with one attached hydrogen (secondary N) is 1. The molecule has 1 aromatic carbocycles. The van der Waals surface area contributed by atoms with Gasteiger partial charge in [-0.15, -0.1) is 11.8 Å². The molecule has 0 aliphatic heterocycles. The second-order valence-electron chi connectivity index (χ2n) is 3.27. The van der Waals surface area contributed by atoms with Crippen LogP contribution in [0.15, 0.2) is 50.4 Å². The first-order chi connectivity index (χ1) is 7.79. The lowest BCUT2D eigenvalue weighted by Gasteiger charge is -2.05. The van der Waals surface area contributed by atoms with Crippen molar-refractivity contribution in [1.82, 2.24) is 0 Å². The molecule has 0 amide bonds. The molecule has 0 aliphatic rings. The molecule has 2 rings (SSSR count). The van der Waals surface area contributed by atoms with Crippen LogP contribution in [0.1, 0.15) is 5.76 Å². The van der Waals surface area contributed by atoms with Gasteiger partial charge in [0.25, 0.3) is 0 Å². The highest BCUT2D eigenvalue weighted by Gasteiger charge is 2.02. The predicted molar refractivity (Wildman–Crippen MR) is 72.0 cm³/mol. The average molecular weight is 298 g/mol. The fraction of sp³-hybridized carbons (Fsp3) is 0.167. The Morgan fingerprint density at radius 2 is 2.00 bits per heavy atom. The minimum absolute atomic E-state index is 0.687. The molecule has 0 atom stereocenters. The van der Waals surface area contributed by atoms with E-state index in [0.717, 1.165) is 15.9 Å². The van der Waals surface area contributed by atoms with Crippen molar-refractivity contribution in [3.05, 3.63) is 46.8 Å². The zero-order valence-electron chi connectivity index (χ0n) is 8.87. The van der Waals surface area contributed by atoms with Gasteiger partial charge in [0.1, 0.15) is 5.76 Å². The quantitative estimate of drug-likeness (QED) is 0.848. The Hall–Kier alpha value is -0.870. The highest BCUT2D eigenvalue weighted by atomic mass is 79.9. The van der Waals surface area contributed by atoms with Gasteiger partial charge >= 0.3 is 0 Å². The van der Waals surface area contributed by atoms with Gasteiger partial charge in [-0.25, -0.2) is 0 Å². The van der Waals surface area contributed by atoms with E-state index < -0.39 is 0 Å². The largest absolute Gasteiger partial charge is 0.466 e. The SMILES string of the molecule is CSc1ccc(NCc2occc2Br)cc1. The molecule has 0 saturated heterocycles. The Morgan fingerprint density at radius 3 is 2.56 bits per heavy atom. The van der Waals surface area contributed by atoms with E-state index in [1.807, 2.05) is 6.07 Å². The van der Waals surface area contributed by atoms with Crippen LogP contribution in [0.4, 0.5) is 5.69 Å². The zero-order chi connectivity index (χ0) is 11.4. The van der Waals surface area contributed by atoms with Gasteiger partial charge in [0.2, 0.25) is 0 Å². The smallest absolute Gasteiger partial charge is 0.136 e. The standard InChI is InChI=1S/C12H12BrNOS/c1-16-10-4-2-9(3-5-10)14-8-12-11(13)6-7-15-12/h2-7,14H,8H2,1H3. The normalized spacial score (nSPS) is 10.4. The molecule has 0 bridgehead atoms. The maximum Gasteiger partial charge on any atom is 0.136 e. The Kier molecular flexibility index (Phi) is 3.96. The van der Waals surface area contributed by atoms with E-state index in [9.17, 15) is 0 Å². The molecule has 1 N–H and O–H groups in total. The number of benzene rings is 1. The summed E-state index contributed by atoms with van der Waals surface area (Å²) in [5.74, 6) is 0.911. The van der Waals surface area contributed by atoms with Crippen molar-refractivity contribution in [2.75, 3.05) is 11.6 Å². The van der Waals surface area contributed by atoms with E-state index in [0.29, 0.717) is 6.54 Å². The van der Waals surface area contributed by atoms with Crippen molar-refractivity contribution < 1.29 is 4.42 Å². The van der Waals surface area contributed by atoms with E-state index in [2.05, 4.69) is 51.8 Å². The van der Waals surface area contributed by atoms with E-state index in [4.69, 9.17) is 4.42 Å². The fourth-order valence-corrected chi connectivity index (χ4v) is 2.09. The van der Waals surface area contributed by atoms with Crippen molar-refractivity contribution in [2.24, 2.45) is 0 Å². The number of hydrogen-bond acceptors (Lipinski definition) is 3. The highest BCUT2D eigenvalue weighted by molar-refractivity contribution is 9.10. The second kappa shape index (κ2) is 5.46. The van der Waals surface area contributed by atoms with Gasteiger partial charge in [0.15, 0.2) is 0 Å². The highest BCUT2D eigenvalue weighted by Crippen LogP contribution is 2.21. The third-order valence-electron chi connectivity index (χ3n) is 2.23. The van der Waals surface area contributed by atoms with Crippen LogP contribution < -0.4 is 5.32 Å². The summed E-state index contributed by atoms with van der Waals surface area (Å²) in [5.41, 5.74) is 1.10. The molecule has 0 unspecified atom stereocenters. The lowest BCUT2D eigenvalue weighted by atomic mass is 10.3. The Bertz CT molecular complexity index is 452. The van der Waals surface area contributed by atoms with Crippen molar-refractivity contribution in [2.45, 2.75) is 11.4 Å². The molecule has 0 radical (unpaired) electrons. The van der Waals surface area contributed by atoms with Gasteiger partial charge in [-0.1, -0.05) is 0 Å². The lowest BCUT2D eigenvalue weighted by Crippen LogP contribution is -1.98. The molecule has 1 heterocycles. The molecular weight excluding hydrogens is 286 g/mol. The van der Waals surface area contributed by atoms with Gasteiger partial charge in [-0.2, -0.15) is 0 Å². The predicted octanol–water partition coefficient (Wildman–Crippen LogP) is 4.38. The van der Waals surface area contributed by atoms with E-state index >= 15 is 0 Å². The summed E-state index contributed by atoms with van der Waals surface area (Å²) in [6, 6.07) is 10.2. The van der Waals surface area contributed by atoms with Crippen LogP contribution in [-0.4, -0.2) is 6.26 Å². The summed E-state index contributed by atoms with van der Waals surface area (Å²) >= 11 is 5.17. The van der Waals surface area contributed by atoms with Crippen LogP contribution >= 0.6 is 27.7 Å². The van der Waals surface area contributed by atoms with E-state index in [1.54, 1.807) is 18.0 Å². The molecule has 0 fully saturated rings. The maximum atomic E-state index is 5.32. The Balaban J connectivity index is 1.97. The van der Waals surface area contributed by atoms with Crippen molar-refractivity contribution in [3.63, 3.8) is 0 Å². The molecule has 2 nitrogen and oxygen atoms in total. The zero-order valence-corrected chi connectivity index (χ0v) is 11.3. The topological polar surface area (TPSA) is 25.2 Å². The van der Waals surface area contributed by atoms with Crippen LogP contribution in [0.5, 0.6) is 0 Å². The third kappa shape index (κ3) is 2.83. The number of rotatable bonds is 4. The van der Waals surface area contributed by atoms with Gasteiger partial charge in [-0.05, 0) is 52.5 Å². The van der Waals surface area contributed by atoms with Crippen molar-refractivity contribution >= 4 is 33.4 Å². The molecule has 4 heteroatoms. The van der Waals surface area contributed by atoms with Crippen LogP contribution in [0.2, 0.25) is 0 Å². The Morgan fingerprint density at radius 1 is 1.25 bits per heavy atom. The van der Waals surface area contributed by atoms with Crippen molar-refractivity contribution in [3.8, 4) is 0 Å². The van der Waals surface area contributed by atoms with E-state index in [-0.39, 0.29) is 0 Å². The summed E-state index contributed by atoms with van der Waals surface area (Å²) in [6.07, 6.45) is 3.75. The van der Waals surface area contributed by atoms with Crippen LogP contribution in [0.3, 0.4) is 0 Å². The Labute approximate surface area is 108 Å². The lowest BCUT2D eigenvalue weighted by molar-refractivity contribution is 0.516. The van der Waals surface area contributed by atoms with Gasteiger partial charge in [0, 0.05) is 10.6 Å². The summed E-state index contributed by atoms with van der Waals surface area (Å²) in [4.78, 5) is 1.27. The van der Waals surface area contributed by atoms with E-state index in [1.165, 1.54) is 4.90 Å². The van der Waals surface area contributed by atoms with Crippen LogP contribution in [0.25, 0.3) is 0 Å². The van der Waals surface area contributed by atoms with Gasteiger partial charge in [0.05, 0.1) is 17.3 Å². The number of thioether (sulfide) groups is 1. The molecule has 0 saturated carbocycles. The average Bonchev–Trinajstić information content (AvgIpc) is 2.73. The number of halogens is 1. The molecule has 16 heavy (non-hydrogen) atoms. The molecular formula is C12H12BrNOS. The van der Waals surface area contributed by atoms with Crippen molar-refractivity contribution in [1.29, 1.82) is 0 Å². The minimum Gasteiger partial charge on any atom is -0.466 e. The van der Waals surface area contributed by atoms with Gasteiger partial charge < -0.3 is 9.73 Å². The van der Waals surface area contributed by atoms with Crippen LogP contribution in [0, 0.1) is 0 Å². The molecule has 0 aliphatic carbocycles. The summed E-state index contributed by atoms with van der Waals surface area (Å²) in [5, 5.41) is 3.31. The third-order valence-corrected chi connectivity index (χ3v) is 3.68. The second-order valence-corrected chi connectivity index (χ2v) is 5.01. The summed E-state index contributed by atoms with van der Waals surface area (Å²) in [6.45, 7) is 0.687. The molecule has 0 spiro atoms. The summed E-state index contributed by atoms with van der Waals surface area (Å²) < 4.78 is 6.32. The minimum atomic E-state index is 0.687. The molecule has 1 aromatic heterocycles.